The van der Waals surface area contributed by atoms with Crippen LogP contribution in [0.3, 0.4) is 0 Å². The third kappa shape index (κ3) is 2.12. The Kier molecular flexibility index (Phi) is 2.99. The predicted octanol–water partition coefficient (Wildman–Crippen LogP) is 3.51. The molecule has 2 aromatic heterocycles. The first kappa shape index (κ1) is 12.3. The van der Waals surface area contributed by atoms with Crippen LogP contribution in [0.4, 0.5) is 0 Å². The van der Waals surface area contributed by atoms with Crippen molar-refractivity contribution in [3.05, 3.63) is 23.7 Å². The second-order valence-electron chi connectivity index (χ2n) is 6.27. The minimum atomic E-state index is 0.267. The Morgan fingerprint density at radius 3 is 2.95 bits per heavy atom. The Hall–Kier alpha value is -1.42. The molecule has 3 unspecified atom stereocenters. The van der Waals surface area contributed by atoms with Crippen molar-refractivity contribution in [3.63, 3.8) is 0 Å². The highest BCUT2D eigenvalue weighted by Gasteiger charge is 2.34. The van der Waals surface area contributed by atoms with Crippen LogP contribution in [-0.4, -0.2) is 16.0 Å². The lowest BCUT2D eigenvalue weighted by Crippen LogP contribution is -2.44. The first-order chi connectivity index (χ1) is 9.79. The summed E-state index contributed by atoms with van der Waals surface area (Å²) in [6, 6.07) is 4.87. The summed E-state index contributed by atoms with van der Waals surface area (Å²) >= 11 is 0. The normalized spacial score (nSPS) is 30.4. The van der Waals surface area contributed by atoms with Gasteiger partial charge in [-0.25, -0.2) is 4.98 Å². The van der Waals surface area contributed by atoms with Gasteiger partial charge in [0.1, 0.15) is 0 Å². The SMILES string of the molecule is Cc1ccc2oc(C3CCC4CCCCC4N3)nc2n1. The van der Waals surface area contributed by atoms with E-state index in [1.54, 1.807) is 0 Å². The summed E-state index contributed by atoms with van der Waals surface area (Å²) in [4.78, 5) is 9.03. The average Bonchev–Trinajstić information content (AvgIpc) is 2.89. The van der Waals surface area contributed by atoms with Gasteiger partial charge in [-0.2, -0.15) is 4.98 Å². The minimum absolute atomic E-state index is 0.267. The molecule has 20 heavy (non-hydrogen) atoms. The standard InChI is InChI=1S/C16H21N3O/c1-10-6-9-14-15(17-10)19-16(20-14)13-8-7-11-4-2-3-5-12(11)18-13/h6,9,11-13,18H,2-5,7-8H2,1H3. The van der Waals surface area contributed by atoms with E-state index in [0.717, 1.165) is 35.2 Å². The van der Waals surface area contributed by atoms with Crippen molar-refractivity contribution in [3.8, 4) is 0 Å². The quantitative estimate of drug-likeness (QED) is 0.862. The molecule has 4 heteroatoms. The zero-order valence-electron chi connectivity index (χ0n) is 11.9. The van der Waals surface area contributed by atoms with Crippen molar-refractivity contribution in [2.75, 3.05) is 0 Å². The summed E-state index contributed by atoms with van der Waals surface area (Å²) in [5.74, 6) is 1.69. The van der Waals surface area contributed by atoms with Crippen LogP contribution < -0.4 is 5.32 Å². The Labute approximate surface area is 119 Å². The van der Waals surface area contributed by atoms with Gasteiger partial charge in [0.2, 0.25) is 5.89 Å². The van der Waals surface area contributed by atoms with E-state index in [1.165, 1.54) is 32.1 Å². The fraction of sp³-hybridized carbons (Fsp3) is 0.625. The van der Waals surface area contributed by atoms with Gasteiger partial charge in [0.15, 0.2) is 11.2 Å². The molecule has 3 heterocycles. The zero-order valence-corrected chi connectivity index (χ0v) is 11.9. The van der Waals surface area contributed by atoms with Gasteiger partial charge in [0.25, 0.3) is 0 Å². The number of rotatable bonds is 1. The maximum atomic E-state index is 5.91. The summed E-state index contributed by atoms with van der Waals surface area (Å²) in [7, 11) is 0. The Bertz CT molecular complexity index is 621. The van der Waals surface area contributed by atoms with E-state index < -0.39 is 0 Å². The molecule has 1 saturated carbocycles. The Balaban J connectivity index is 1.59. The van der Waals surface area contributed by atoms with Gasteiger partial charge in [0.05, 0.1) is 6.04 Å². The molecule has 0 radical (unpaired) electrons. The van der Waals surface area contributed by atoms with Gasteiger partial charge in [-0.1, -0.05) is 12.8 Å². The fourth-order valence-electron chi connectivity index (χ4n) is 3.77. The van der Waals surface area contributed by atoms with Crippen LogP contribution in [0.5, 0.6) is 0 Å². The monoisotopic (exact) mass is 271 g/mol. The van der Waals surface area contributed by atoms with Crippen molar-refractivity contribution in [2.45, 2.75) is 57.5 Å². The number of fused-ring (bicyclic) bond motifs is 2. The van der Waals surface area contributed by atoms with Crippen molar-refractivity contribution in [2.24, 2.45) is 5.92 Å². The predicted molar refractivity (Wildman–Crippen MR) is 77.4 cm³/mol. The number of pyridine rings is 1. The lowest BCUT2D eigenvalue weighted by molar-refractivity contribution is 0.164. The summed E-state index contributed by atoms with van der Waals surface area (Å²) in [6.07, 6.45) is 7.88. The summed E-state index contributed by atoms with van der Waals surface area (Å²) in [5, 5.41) is 3.76. The van der Waals surface area contributed by atoms with Crippen LogP contribution in [0, 0.1) is 12.8 Å². The van der Waals surface area contributed by atoms with Gasteiger partial charge in [0, 0.05) is 11.7 Å². The van der Waals surface area contributed by atoms with E-state index in [2.05, 4.69) is 15.3 Å². The molecule has 1 saturated heterocycles. The molecule has 3 atom stereocenters. The molecule has 1 aliphatic heterocycles. The number of nitrogens with one attached hydrogen (secondary N) is 1. The molecule has 4 rings (SSSR count). The van der Waals surface area contributed by atoms with Gasteiger partial charge >= 0.3 is 0 Å². The van der Waals surface area contributed by atoms with Crippen molar-refractivity contribution >= 4 is 11.2 Å². The van der Waals surface area contributed by atoms with Crippen LogP contribution in [0.15, 0.2) is 16.5 Å². The first-order valence-electron chi connectivity index (χ1n) is 7.80. The second-order valence-corrected chi connectivity index (χ2v) is 6.27. The molecular weight excluding hydrogens is 250 g/mol. The Morgan fingerprint density at radius 2 is 2.00 bits per heavy atom. The third-order valence-electron chi connectivity index (χ3n) is 4.86. The number of aryl methyl sites for hydroxylation is 1. The van der Waals surface area contributed by atoms with Crippen LogP contribution in [0.2, 0.25) is 0 Å². The smallest absolute Gasteiger partial charge is 0.214 e. The molecule has 2 aliphatic rings. The highest BCUT2D eigenvalue weighted by Crippen LogP contribution is 2.37. The highest BCUT2D eigenvalue weighted by atomic mass is 16.3. The third-order valence-corrected chi connectivity index (χ3v) is 4.86. The lowest BCUT2D eigenvalue weighted by Gasteiger charge is -2.39. The second kappa shape index (κ2) is 4.85. The number of piperidine rings is 1. The number of hydrogen-bond acceptors (Lipinski definition) is 4. The molecule has 0 aromatic carbocycles. The molecule has 1 aliphatic carbocycles. The summed E-state index contributed by atoms with van der Waals surface area (Å²) in [5.41, 5.74) is 2.53. The van der Waals surface area contributed by atoms with Crippen molar-refractivity contribution in [1.82, 2.24) is 15.3 Å². The molecule has 106 valence electrons. The maximum absolute atomic E-state index is 5.91. The Morgan fingerprint density at radius 1 is 1.10 bits per heavy atom. The topological polar surface area (TPSA) is 51.0 Å². The zero-order chi connectivity index (χ0) is 13.5. The van der Waals surface area contributed by atoms with E-state index in [1.807, 2.05) is 19.1 Å². The number of oxazole rings is 1. The highest BCUT2D eigenvalue weighted by molar-refractivity contribution is 5.67. The van der Waals surface area contributed by atoms with Gasteiger partial charge < -0.3 is 9.73 Å². The van der Waals surface area contributed by atoms with E-state index in [9.17, 15) is 0 Å². The summed E-state index contributed by atoms with van der Waals surface area (Å²) < 4.78 is 5.91. The first-order valence-corrected chi connectivity index (χ1v) is 7.80. The van der Waals surface area contributed by atoms with Crippen molar-refractivity contribution in [1.29, 1.82) is 0 Å². The molecule has 2 aromatic rings. The number of hydrogen-bond donors (Lipinski definition) is 1. The van der Waals surface area contributed by atoms with E-state index in [0.29, 0.717) is 6.04 Å². The number of aromatic nitrogens is 2. The average molecular weight is 271 g/mol. The largest absolute Gasteiger partial charge is 0.437 e. The molecule has 2 fully saturated rings. The maximum Gasteiger partial charge on any atom is 0.214 e. The molecule has 4 nitrogen and oxygen atoms in total. The lowest BCUT2D eigenvalue weighted by atomic mass is 9.78. The van der Waals surface area contributed by atoms with Crippen molar-refractivity contribution < 1.29 is 4.42 Å². The molecule has 1 N–H and O–H groups in total. The van der Waals surface area contributed by atoms with Crippen LogP contribution in [0.1, 0.15) is 56.2 Å². The van der Waals surface area contributed by atoms with E-state index >= 15 is 0 Å². The minimum Gasteiger partial charge on any atom is -0.437 e. The number of nitrogens with zero attached hydrogens (tertiary/aromatic N) is 2. The van der Waals surface area contributed by atoms with Gasteiger partial charge in [-0.15, -0.1) is 0 Å². The van der Waals surface area contributed by atoms with Gasteiger partial charge in [-0.3, -0.25) is 0 Å². The van der Waals surface area contributed by atoms with E-state index in [4.69, 9.17) is 4.42 Å². The molecule has 0 spiro atoms. The van der Waals surface area contributed by atoms with Crippen LogP contribution >= 0.6 is 0 Å². The van der Waals surface area contributed by atoms with Crippen LogP contribution in [-0.2, 0) is 0 Å². The molecule has 0 amide bonds. The van der Waals surface area contributed by atoms with Crippen LogP contribution in [0.25, 0.3) is 11.2 Å². The summed E-state index contributed by atoms with van der Waals surface area (Å²) in [6.45, 7) is 1.99. The molecule has 0 bridgehead atoms. The van der Waals surface area contributed by atoms with Gasteiger partial charge in [-0.05, 0) is 50.7 Å². The van der Waals surface area contributed by atoms with E-state index in [-0.39, 0.29) is 6.04 Å². The fourth-order valence-corrected chi connectivity index (χ4v) is 3.77. The molecular formula is C16H21N3O.